The molecule has 18 heteroatoms. The fourth-order valence-electron chi connectivity index (χ4n) is 3.25. The zero-order chi connectivity index (χ0) is 27.2. The minimum absolute atomic E-state index is 1.29. The molecule has 0 fully saturated rings. The summed E-state index contributed by atoms with van der Waals surface area (Å²) in [7, 11) is -6.48. The van der Waals surface area contributed by atoms with E-state index in [2.05, 4.69) is 4.28 Å². The fourth-order valence-corrected chi connectivity index (χ4v) is 4.27. The lowest BCUT2D eigenvalue weighted by atomic mass is 9.92. The second kappa shape index (κ2) is 7.85. The summed E-state index contributed by atoms with van der Waals surface area (Å²) in [5.74, 6) is -35.3. The summed E-state index contributed by atoms with van der Waals surface area (Å²) in [6, 6.07) is 0. The number of hydroxylamine groups is 2. The van der Waals surface area contributed by atoms with Crippen molar-refractivity contribution >= 4 is 32.7 Å². The highest BCUT2D eigenvalue weighted by Gasteiger charge is 2.46. The van der Waals surface area contributed by atoms with E-state index in [1.807, 2.05) is 0 Å². The highest BCUT2D eigenvalue weighted by atomic mass is 32.2. The fraction of sp³-hybridized carbons (Fsp3) is 0. The Kier molecular flexibility index (Phi) is 5.52. The predicted octanol–water partition coefficient (Wildman–Crippen LogP) is 4.29. The molecule has 0 aromatic heterocycles. The number of imide groups is 1. The number of nitrogens with zero attached hydrogens (tertiary/aromatic N) is 1. The molecule has 0 spiro atoms. The Hall–Kier alpha value is -3.80. The van der Waals surface area contributed by atoms with E-state index in [4.69, 9.17) is 0 Å². The van der Waals surface area contributed by atoms with Crippen LogP contribution in [0.3, 0.4) is 0 Å². The van der Waals surface area contributed by atoms with Crippen LogP contribution in [0.25, 0.3) is 10.8 Å². The molecule has 2 amide bonds. The Morgan fingerprint density at radius 1 is 0.472 bits per heavy atom. The molecule has 0 bridgehead atoms. The molecule has 0 atom stereocenters. The van der Waals surface area contributed by atoms with Gasteiger partial charge in [0.15, 0.2) is 63.1 Å². The van der Waals surface area contributed by atoms with E-state index in [1.54, 1.807) is 0 Å². The van der Waals surface area contributed by atoms with Crippen LogP contribution in [0.15, 0.2) is 4.90 Å². The molecule has 0 radical (unpaired) electrons. The maximum Gasteiger partial charge on any atom is 0.324 e. The lowest BCUT2D eigenvalue weighted by Crippen LogP contribution is -2.43. The van der Waals surface area contributed by atoms with E-state index in [9.17, 15) is 66.3 Å². The van der Waals surface area contributed by atoms with Crippen molar-refractivity contribution in [2.45, 2.75) is 4.90 Å². The summed E-state index contributed by atoms with van der Waals surface area (Å²) < 4.78 is 181. The smallest absolute Gasteiger partial charge is 0.266 e. The zero-order valence-electron chi connectivity index (χ0n) is 16.1. The number of carbonyl (C=O) groups excluding carboxylic acids is 2. The SMILES string of the molecule is O=C1c2c(F)c(F)c(F)c3c(F)c(F)c(F)c(c23)C(=O)N1OS(=O)(=O)c1c(F)c(F)c(F)c(F)c1F. The second-order valence-electron chi connectivity index (χ2n) is 6.72. The first-order valence-electron chi connectivity index (χ1n) is 8.57. The van der Waals surface area contributed by atoms with Gasteiger partial charge in [-0.15, -0.1) is 9.35 Å². The van der Waals surface area contributed by atoms with E-state index >= 15 is 0 Å². The summed E-state index contributed by atoms with van der Waals surface area (Å²) in [5, 5.41) is -4.96. The van der Waals surface area contributed by atoms with Crippen molar-refractivity contribution in [1.82, 2.24) is 5.06 Å². The largest absolute Gasteiger partial charge is 0.324 e. The molecule has 1 heterocycles. The van der Waals surface area contributed by atoms with Gasteiger partial charge in [-0.1, -0.05) is 0 Å². The van der Waals surface area contributed by atoms with Crippen molar-refractivity contribution in [3.8, 4) is 0 Å². The minimum Gasteiger partial charge on any atom is -0.266 e. The minimum atomic E-state index is -6.48. The molecule has 3 aromatic carbocycles. The zero-order valence-corrected chi connectivity index (χ0v) is 16.9. The summed E-state index contributed by atoms with van der Waals surface area (Å²) in [5.41, 5.74) is -4.02. The molecular weight excluding hydrogens is 551 g/mol. The predicted molar refractivity (Wildman–Crippen MR) is 88.7 cm³/mol. The Balaban J connectivity index is 2.00. The molecule has 36 heavy (non-hydrogen) atoms. The van der Waals surface area contributed by atoms with Gasteiger partial charge in [0, 0.05) is 5.39 Å². The average Bonchev–Trinajstić information content (AvgIpc) is 2.81. The van der Waals surface area contributed by atoms with Crippen molar-refractivity contribution in [2.24, 2.45) is 0 Å². The van der Waals surface area contributed by atoms with Crippen molar-refractivity contribution in [2.75, 3.05) is 0 Å². The third kappa shape index (κ3) is 3.10. The topological polar surface area (TPSA) is 80.8 Å². The van der Waals surface area contributed by atoms with Gasteiger partial charge in [-0.3, -0.25) is 9.59 Å². The third-order valence-corrected chi connectivity index (χ3v) is 5.99. The van der Waals surface area contributed by atoms with Crippen LogP contribution in [0, 0.1) is 64.0 Å². The van der Waals surface area contributed by atoms with Crippen LogP contribution < -0.4 is 0 Å². The third-order valence-electron chi connectivity index (χ3n) is 4.79. The van der Waals surface area contributed by atoms with Gasteiger partial charge in [-0.25, -0.2) is 48.3 Å². The van der Waals surface area contributed by atoms with Crippen LogP contribution in [0.1, 0.15) is 20.7 Å². The lowest BCUT2D eigenvalue weighted by Gasteiger charge is -2.26. The maximum atomic E-state index is 14.4. The molecule has 4 rings (SSSR count). The van der Waals surface area contributed by atoms with Crippen molar-refractivity contribution < 1.29 is 70.6 Å². The standard InChI is InChI=1S/C18F11NO5S/c19-5-2-1-3(7(21)9(5)23)17(31)30(18(32)4(1)8(22)10(24)6(2)20)35-36(33,34)16-14(28)12(26)11(25)13(27)15(16)29. The Bertz CT molecular complexity index is 1590. The molecule has 0 saturated carbocycles. The van der Waals surface area contributed by atoms with Gasteiger partial charge in [0.05, 0.1) is 16.5 Å². The molecule has 0 unspecified atom stereocenters. The van der Waals surface area contributed by atoms with Crippen LogP contribution in [0.4, 0.5) is 48.3 Å². The number of rotatable bonds is 3. The summed E-state index contributed by atoms with van der Waals surface area (Å²) in [6.07, 6.45) is 0. The van der Waals surface area contributed by atoms with Crippen LogP contribution in [0.2, 0.25) is 0 Å². The average molecular weight is 551 g/mol. The summed E-state index contributed by atoms with van der Waals surface area (Å²) >= 11 is 0. The van der Waals surface area contributed by atoms with Gasteiger partial charge in [0.25, 0.3) is 11.8 Å². The molecule has 1 aliphatic rings. The quantitative estimate of drug-likeness (QED) is 0.210. The highest BCUT2D eigenvalue weighted by Crippen LogP contribution is 2.40. The van der Waals surface area contributed by atoms with Crippen molar-refractivity contribution in [1.29, 1.82) is 0 Å². The first kappa shape index (κ1) is 25.3. The van der Waals surface area contributed by atoms with Gasteiger partial charge < -0.3 is 0 Å². The second-order valence-corrected chi connectivity index (χ2v) is 8.18. The van der Waals surface area contributed by atoms with Gasteiger partial charge >= 0.3 is 10.1 Å². The number of carbonyl (C=O) groups is 2. The summed E-state index contributed by atoms with van der Waals surface area (Å²) in [4.78, 5) is 22.3. The molecule has 0 aliphatic carbocycles. The van der Waals surface area contributed by atoms with Gasteiger partial charge in [-0.05, 0) is 0 Å². The van der Waals surface area contributed by atoms with Crippen LogP contribution in [0.5, 0.6) is 0 Å². The molecular formula is C18F11NO5S. The number of hydrogen-bond acceptors (Lipinski definition) is 5. The summed E-state index contributed by atoms with van der Waals surface area (Å²) in [6.45, 7) is 0. The van der Waals surface area contributed by atoms with E-state index in [1.165, 1.54) is 0 Å². The van der Waals surface area contributed by atoms with Gasteiger partial charge in [0.1, 0.15) is 0 Å². The molecule has 0 N–H and O–H groups in total. The van der Waals surface area contributed by atoms with E-state index < -0.39 is 118 Å². The first-order valence-corrected chi connectivity index (χ1v) is 9.98. The highest BCUT2D eigenvalue weighted by molar-refractivity contribution is 7.86. The molecule has 190 valence electrons. The Labute approximate surface area is 189 Å². The van der Waals surface area contributed by atoms with E-state index in [0.29, 0.717) is 0 Å². The van der Waals surface area contributed by atoms with Gasteiger partial charge in [-0.2, -0.15) is 8.42 Å². The maximum absolute atomic E-state index is 14.4. The van der Waals surface area contributed by atoms with E-state index in [-0.39, 0.29) is 0 Å². The monoisotopic (exact) mass is 551 g/mol. The van der Waals surface area contributed by atoms with Crippen molar-refractivity contribution in [3.63, 3.8) is 0 Å². The molecule has 1 aliphatic heterocycles. The Morgan fingerprint density at radius 2 is 0.806 bits per heavy atom. The normalized spacial score (nSPS) is 13.8. The number of halogens is 11. The molecule has 0 saturated heterocycles. The number of amides is 2. The van der Waals surface area contributed by atoms with Crippen LogP contribution in [-0.4, -0.2) is 25.3 Å². The van der Waals surface area contributed by atoms with Gasteiger partial charge in [0.2, 0.25) is 5.82 Å². The first-order chi connectivity index (χ1) is 16.6. The van der Waals surface area contributed by atoms with Crippen LogP contribution >= 0.6 is 0 Å². The Morgan fingerprint density at radius 3 is 1.19 bits per heavy atom. The molecule has 6 nitrogen and oxygen atoms in total. The van der Waals surface area contributed by atoms with Crippen LogP contribution in [-0.2, 0) is 14.4 Å². The lowest BCUT2D eigenvalue weighted by molar-refractivity contribution is -0.0166. The van der Waals surface area contributed by atoms with Crippen molar-refractivity contribution in [3.05, 3.63) is 75.1 Å². The number of hydrogen-bond donors (Lipinski definition) is 0. The van der Waals surface area contributed by atoms with E-state index in [0.717, 1.165) is 0 Å². The molecule has 3 aromatic rings. The number of benzene rings is 3.